The van der Waals surface area contributed by atoms with E-state index in [0.717, 1.165) is 29.5 Å². The van der Waals surface area contributed by atoms with Crippen molar-refractivity contribution in [1.82, 2.24) is 0 Å². The topological polar surface area (TPSA) is 43.4 Å². The fraction of sp³-hybridized carbons (Fsp3) is 0.231. The van der Waals surface area contributed by atoms with Crippen LogP contribution in [0.3, 0.4) is 0 Å². The van der Waals surface area contributed by atoms with Gasteiger partial charge in [0.25, 0.3) is 0 Å². The molecule has 0 saturated heterocycles. The van der Waals surface area contributed by atoms with Gasteiger partial charge in [0, 0.05) is 5.56 Å². The molecule has 0 atom stereocenters. The summed E-state index contributed by atoms with van der Waals surface area (Å²) in [6.07, 6.45) is 3.11. The summed E-state index contributed by atoms with van der Waals surface area (Å²) in [5, 5.41) is 0. The van der Waals surface area contributed by atoms with Crippen LogP contribution < -0.4 is 0 Å². The van der Waals surface area contributed by atoms with E-state index in [1.807, 2.05) is 42.5 Å². The van der Waals surface area contributed by atoms with Gasteiger partial charge < -0.3 is 4.74 Å². The predicted molar refractivity (Wildman–Crippen MR) is 114 cm³/mol. The van der Waals surface area contributed by atoms with Gasteiger partial charge in [-0.3, -0.25) is 9.59 Å². The van der Waals surface area contributed by atoms with Gasteiger partial charge in [-0.2, -0.15) is 0 Å². The molecule has 3 aromatic rings. The molecule has 152 valence electrons. The summed E-state index contributed by atoms with van der Waals surface area (Å²) >= 11 is 0. The maximum absolute atomic E-state index is 13.3. The van der Waals surface area contributed by atoms with Crippen LogP contribution in [0.15, 0.2) is 78.9 Å². The molecule has 0 aliphatic heterocycles. The van der Waals surface area contributed by atoms with Gasteiger partial charge in [-0.25, -0.2) is 4.39 Å². The van der Waals surface area contributed by atoms with Crippen LogP contribution in [0.5, 0.6) is 0 Å². The first kappa shape index (κ1) is 20.0. The van der Waals surface area contributed by atoms with Gasteiger partial charge >= 0.3 is 5.97 Å². The Morgan fingerprint density at radius 3 is 2.03 bits per heavy atom. The number of carbonyl (C=O) groups excluding carboxylic acids is 2. The van der Waals surface area contributed by atoms with Crippen LogP contribution in [-0.2, 0) is 14.9 Å². The van der Waals surface area contributed by atoms with Gasteiger partial charge in [-0.1, -0.05) is 79.6 Å². The second-order valence-electron chi connectivity index (χ2n) is 7.74. The molecule has 0 N–H and O–H groups in total. The van der Waals surface area contributed by atoms with Crippen LogP contribution in [0.2, 0.25) is 0 Å². The molecule has 1 aliphatic carbocycles. The van der Waals surface area contributed by atoms with Gasteiger partial charge in [0.1, 0.15) is 5.82 Å². The fourth-order valence-electron chi connectivity index (χ4n) is 4.19. The Hall–Kier alpha value is -3.27. The standard InChI is InChI=1S/C26H23FO3/c27-23-14-12-22(13-15-23)26(16-4-5-17-26)25(29)30-18-24(28)21-10-8-20(9-11-21)19-6-2-1-3-7-19/h1-3,6-15H,4-5,16-18H2. The van der Waals surface area contributed by atoms with E-state index >= 15 is 0 Å². The lowest BCUT2D eigenvalue weighted by molar-refractivity contribution is -0.149. The normalized spacial score (nSPS) is 15.0. The average molecular weight is 402 g/mol. The van der Waals surface area contributed by atoms with Gasteiger partial charge in [0.15, 0.2) is 12.4 Å². The molecule has 0 bridgehead atoms. The zero-order valence-corrected chi connectivity index (χ0v) is 16.6. The zero-order valence-electron chi connectivity index (χ0n) is 16.6. The number of hydrogen-bond donors (Lipinski definition) is 0. The molecule has 1 aliphatic rings. The lowest BCUT2D eigenvalue weighted by Gasteiger charge is -2.27. The van der Waals surface area contributed by atoms with E-state index in [4.69, 9.17) is 4.74 Å². The smallest absolute Gasteiger partial charge is 0.317 e. The summed E-state index contributed by atoms with van der Waals surface area (Å²) in [5.41, 5.74) is 2.57. The minimum absolute atomic E-state index is 0.241. The molecule has 1 fully saturated rings. The van der Waals surface area contributed by atoms with Gasteiger partial charge in [0.05, 0.1) is 5.41 Å². The average Bonchev–Trinajstić information content (AvgIpc) is 3.30. The highest BCUT2D eigenvalue weighted by molar-refractivity contribution is 5.99. The molecule has 0 spiro atoms. The van der Waals surface area contributed by atoms with E-state index in [-0.39, 0.29) is 18.2 Å². The van der Waals surface area contributed by atoms with E-state index < -0.39 is 11.4 Å². The van der Waals surface area contributed by atoms with Crippen molar-refractivity contribution < 1.29 is 18.7 Å². The molecular weight excluding hydrogens is 379 g/mol. The molecule has 4 heteroatoms. The fourth-order valence-corrected chi connectivity index (χ4v) is 4.19. The number of rotatable bonds is 6. The summed E-state index contributed by atoms with van der Waals surface area (Å²) in [6, 6.07) is 23.2. The number of halogens is 1. The maximum atomic E-state index is 13.3. The third-order valence-corrected chi connectivity index (χ3v) is 5.89. The van der Waals surface area contributed by atoms with Crippen LogP contribution in [0.1, 0.15) is 41.6 Å². The van der Waals surface area contributed by atoms with Crippen LogP contribution in [-0.4, -0.2) is 18.4 Å². The van der Waals surface area contributed by atoms with Crippen LogP contribution in [0.25, 0.3) is 11.1 Å². The molecule has 0 unspecified atom stereocenters. The van der Waals surface area contributed by atoms with E-state index in [2.05, 4.69) is 0 Å². The van der Waals surface area contributed by atoms with Crippen molar-refractivity contribution in [2.24, 2.45) is 0 Å². The Labute approximate surface area is 175 Å². The zero-order chi connectivity index (χ0) is 21.0. The van der Waals surface area contributed by atoms with Crippen molar-refractivity contribution in [3.8, 4) is 11.1 Å². The molecule has 0 heterocycles. The van der Waals surface area contributed by atoms with Crippen molar-refractivity contribution in [3.05, 3.63) is 95.8 Å². The van der Waals surface area contributed by atoms with E-state index in [1.54, 1.807) is 24.3 Å². The molecule has 4 rings (SSSR count). The Bertz CT molecular complexity index is 1020. The highest BCUT2D eigenvalue weighted by Gasteiger charge is 2.44. The Kier molecular flexibility index (Phi) is 5.75. The minimum atomic E-state index is -0.787. The molecule has 0 radical (unpaired) electrons. The highest BCUT2D eigenvalue weighted by Crippen LogP contribution is 2.42. The Balaban J connectivity index is 1.43. The van der Waals surface area contributed by atoms with Crippen LogP contribution >= 0.6 is 0 Å². The SMILES string of the molecule is O=C(COC(=O)C1(c2ccc(F)cc2)CCCC1)c1ccc(-c2ccccc2)cc1. The number of Topliss-reactive ketones (excluding diaryl/α,β-unsaturated/α-hetero) is 1. The summed E-state index contributed by atoms with van der Waals surface area (Å²) in [5.74, 6) is -0.981. The van der Waals surface area contributed by atoms with Crippen molar-refractivity contribution in [1.29, 1.82) is 0 Å². The number of ketones is 1. The largest absolute Gasteiger partial charge is 0.457 e. The number of esters is 1. The molecule has 30 heavy (non-hydrogen) atoms. The van der Waals surface area contributed by atoms with Gasteiger partial charge in [-0.05, 0) is 41.7 Å². The first-order valence-electron chi connectivity index (χ1n) is 10.2. The minimum Gasteiger partial charge on any atom is -0.457 e. The third-order valence-electron chi connectivity index (χ3n) is 5.89. The first-order chi connectivity index (χ1) is 14.6. The summed E-state index contributed by atoms with van der Waals surface area (Å²) in [7, 11) is 0. The summed E-state index contributed by atoms with van der Waals surface area (Å²) in [4.78, 5) is 25.5. The molecule has 3 nitrogen and oxygen atoms in total. The van der Waals surface area contributed by atoms with E-state index in [1.165, 1.54) is 12.1 Å². The van der Waals surface area contributed by atoms with E-state index in [9.17, 15) is 14.0 Å². The van der Waals surface area contributed by atoms with E-state index in [0.29, 0.717) is 18.4 Å². The lowest BCUT2D eigenvalue weighted by atomic mass is 9.79. The Morgan fingerprint density at radius 2 is 1.40 bits per heavy atom. The second kappa shape index (κ2) is 8.62. The number of hydrogen-bond acceptors (Lipinski definition) is 3. The summed E-state index contributed by atoms with van der Waals surface area (Å²) < 4.78 is 18.8. The molecule has 1 saturated carbocycles. The van der Waals surface area contributed by atoms with Crippen molar-refractivity contribution in [2.75, 3.05) is 6.61 Å². The number of carbonyl (C=O) groups is 2. The van der Waals surface area contributed by atoms with Crippen molar-refractivity contribution >= 4 is 11.8 Å². The molecule has 3 aromatic carbocycles. The van der Waals surface area contributed by atoms with Gasteiger partial charge in [0.2, 0.25) is 0 Å². The summed E-state index contributed by atoms with van der Waals surface area (Å²) in [6.45, 7) is -0.299. The molecule has 0 aromatic heterocycles. The van der Waals surface area contributed by atoms with Crippen molar-refractivity contribution in [2.45, 2.75) is 31.1 Å². The molecule has 0 amide bonds. The maximum Gasteiger partial charge on any atom is 0.317 e. The second-order valence-corrected chi connectivity index (χ2v) is 7.74. The molecular formula is C26H23FO3. The van der Waals surface area contributed by atoms with Crippen LogP contribution in [0.4, 0.5) is 4.39 Å². The predicted octanol–water partition coefficient (Wildman–Crippen LogP) is 5.73. The lowest BCUT2D eigenvalue weighted by Crippen LogP contribution is -2.35. The Morgan fingerprint density at radius 1 is 0.800 bits per heavy atom. The first-order valence-corrected chi connectivity index (χ1v) is 10.2. The quantitative estimate of drug-likeness (QED) is 0.391. The highest BCUT2D eigenvalue weighted by atomic mass is 19.1. The van der Waals surface area contributed by atoms with Gasteiger partial charge in [-0.15, -0.1) is 0 Å². The van der Waals surface area contributed by atoms with Crippen LogP contribution in [0, 0.1) is 5.82 Å². The third kappa shape index (κ3) is 4.04. The number of ether oxygens (including phenoxy) is 1. The number of benzene rings is 3. The van der Waals surface area contributed by atoms with Crippen molar-refractivity contribution in [3.63, 3.8) is 0 Å². The monoisotopic (exact) mass is 402 g/mol.